The lowest BCUT2D eigenvalue weighted by Crippen LogP contribution is -2.52. The Morgan fingerprint density at radius 1 is 1.17 bits per heavy atom. The molecule has 1 unspecified atom stereocenters. The van der Waals surface area contributed by atoms with Crippen molar-refractivity contribution in [3.05, 3.63) is 59.7 Å². The summed E-state index contributed by atoms with van der Waals surface area (Å²) in [6.07, 6.45) is -4.50. The maximum Gasteiger partial charge on any atom is 0.416 e. The molecule has 5 nitrogen and oxygen atoms in total. The smallest absolute Gasteiger partial charge is 0.416 e. The number of hydrogen-bond acceptors (Lipinski definition) is 3. The summed E-state index contributed by atoms with van der Waals surface area (Å²) in [5.74, 6) is -0.952. The van der Waals surface area contributed by atoms with Crippen molar-refractivity contribution in [1.82, 2.24) is 4.31 Å². The highest BCUT2D eigenvalue weighted by Crippen LogP contribution is 2.31. The Morgan fingerprint density at radius 3 is 2.45 bits per heavy atom. The topological polar surface area (TPSA) is 60.9 Å². The predicted molar refractivity (Wildman–Crippen MR) is 104 cm³/mol. The number of carbonyl (C=O) groups is 1. The van der Waals surface area contributed by atoms with E-state index in [2.05, 4.69) is 0 Å². The second-order valence-electron chi connectivity index (χ2n) is 6.94. The van der Waals surface area contributed by atoms with Gasteiger partial charge in [0.1, 0.15) is 11.0 Å². The van der Waals surface area contributed by atoms with Gasteiger partial charge in [-0.2, -0.15) is 13.2 Å². The van der Waals surface area contributed by atoms with E-state index in [0.29, 0.717) is 35.8 Å². The number of rotatable bonds is 5. The van der Waals surface area contributed by atoms with Crippen LogP contribution in [0.2, 0.25) is 0 Å². The van der Waals surface area contributed by atoms with Crippen LogP contribution >= 0.6 is 0 Å². The molecule has 0 spiro atoms. The normalized spacial score (nSPS) is 19.2. The van der Waals surface area contributed by atoms with E-state index in [-0.39, 0.29) is 12.5 Å². The van der Waals surface area contributed by atoms with Crippen LogP contribution in [-0.2, 0) is 28.4 Å². The monoisotopic (exact) mass is 426 g/mol. The molecule has 0 aliphatic carbocycles. The first-order chi connectivity index (χ1) is 13.6. The third kappa shape index (κ3) is 5.16. The van der Waals surface area contributed by atoms with E-state index in [1.807, 2.05) is 11.8 Å². The molecule has 0 bridgehead atoms. The van der Waals surface area contributed by atoms with Gasteiger partial charge in [-0.1, -0.05) is 12.1 Å². The van der Waals surface area contributed by atoms with E-state index < -0.39 is 28.7 Å². The Labute approximate surface area is 169 Å². The minimum Gasteiger partial charge on any atom is -0.481 e. The second-order valence-corrected chi connectivity index (χ2v) is 8.43. The van der Waals surface area contributed by atoms with Gasteiger partial charge in [0.2, 0.25) is 0 Å². The lowest BCUT2D eigenvalue weighted by atomic mass is 10.1. The first-order valence-electron chi connectivity index (χ1n) is 9.06. The molecule has 0 aromatic heterocycles. The zero-order valence-corrected chi connectivity index (χ0v) is 16.5. The number of hydrogen-bond donors (Lipinski definition) is 1. The van der Waals surface area contributed by atoms with Gasteiger partial charge in [-0.15, -0.1) is 0 Å². The van der Waals surface area contributed by atoms with Gasteiger partial charge in [-0.3, -0.25) is 4.79 Å². The highest BCUT2D eigenvalue weighted by Gasteiger charge is 2.31. The molecule has 0 amide bonds. The van der Waals surface area contributed by atoms with E-state index in [9.17, 15) is 22.2 Å². The Bertz CT molecular complexity index is 903. The number of benzene rings is 2. The summed E-state index contributed by atoms with van der Waals surface area (Å²) in [4.78, 5) is 13.4. The molecular weight excluding hydrogens is 405 g/mol. The fraction of sp³-hybridized carbons (Fsp3) is 0.350. The molecular formula is C20H21F3N2O3S. The van der Waals surface area contributed by atoms with E-state index in [0.717, 1.165) is 12.1 Å². The van der Waals surface area contributed by atoms with E-state index in [4.69, 9.17) is 5.11 Å². The second kappa shape index (κ2) is 8.54. The van der Waals surface area contributed by atoms with Gasteiger partial charge >= 0.3 is 12.1 Å². The first kappa shape index (κ1) is 21.3. The Balaban J connectivity index is 1.68. The standard InChI is InChI=1S/C20H21F3N2O3S/c1-14-13-24(29(28)18-4-2-3-15(11-18)12-19(26)27)9-10-25(14)17-7-5-16(6-8-17)20(21,22)23/h2-8,11,14H,9-10,12-13H2,1H3,(H,26,27)/t14-,29?/m1/s1. The zero-order chi connectivity index (χ0) is 21.2. The molecule has 2 atom stereocenters. The van der Waals surface area contributed by atoms with Gasteiger partial charge < -0.3 is 10.0 Å². The van der Waals surface area contributed by atoms with Crippen LogP contribution in [0.15, 0.2) is 53.4 Å². The first-order valence-corrected chi connectivity index (χ1v) is 10.2. The zero-order valence-electron chi connectivity index (χ0n) is 15.7. The number of alkyl halides is 3. The molecule has 156 valence electrons. The van der Waals surface area contributed by atoms with Crippen molar-refractivity contribution in [3.8, 4) is 0 Å². The van der Waals surface area contributed by atoms with E-state index in [1.54, 1.807) is 28.6 Å². The van der Waals surface area contributed by atoms with Crippen molar-refractivity contribution in [2.24, 2.45) is 0 Å². The number of carboxylic acid groups (broad SMARTS) is 1. The van der Waals surface area contributed by atoms with Crippen molar-refractivity contribution >= 4 is 22.6 Å². The highest BCUT2D eigenvalue weighted by molar-refractivity contribution is 7.82. The number of aliphatic carboxylic acids is 1. The minimum atomic E-state index is -4.37. The molecule has 1 aliphatic rings. The molecule has 2 aromatic carbocycles. The molecule has 29 heavy (non-hydrogen) atoms. The lowest BCUT2D eigenvalue weighted by molar-refractivity contribution is -0.138. The molecule has 2 aromatic rings. The number of anilines is 1. The maximum atomic E-state index is 12.9. The summed E-state index contributed by atoms with van der Waals surface area (Å²) in [5, 5.41) is 8.92. The molecule has 0 saturated carbocycles. The van der Waals surface area contributed by atoms with Gasteiger partial charge in [0.25, 0.3) is 0 Å². The van der Waals surface area contributed by atoms with Gasteiger partial charge in [-0.25, -0.2) is 8.51 Å². The van der Waals surface area contributed by atoms with E-state index in [1.165, 1.54) is 12.1 Å². The van der Waals surface area contributed by atoms with Crippen LogP contribution in [0.25, 0.3) is 0 Å². The largest absolute Gasteiger partial charge is 0.481 e. The van der Waals surface area contributed by atoms with Crippen LogP contribution in [0.1, 0.15) is 18.1 Å². The SMILES string of the molecule is C[C@@H]1CN(S(=O)c2cccc(CC(=O)O)c2)CCN1c1ccc(C(F)(F)F)cc1. The summed E-state index contributed by atoms with van der Waals surface area (Å²) < 4.78 is 53.0. The summed E-state index contributed by atoms with van der Waals surface area (Å²) in [5.41, 5.74) is 0.592. The summed E-state index contributed by atoms with van der Waals surface area (Å²) in [6.45, 7) is 3.40. The van der Waals surface area contributed by atoms with Crippen LogP contribution in [0.3, 0.4) is 0 Å². The Morgan fingerprint density at radius 2 is 1.86 bits per heavy atom. The summed E-state index contributed by atoms with van der Waals surface area (Å²) in [6, 6.07) is 11.7. The minimum absolute atomic E-state index is 0.0494. The van der Waals surface area contributed by atoms with Gasteiger partial charge in [0.15, 0.2) is 0 Å². The Kier molecular flexibility index (Phi) is 6.28. The molecule has 3 rings (SSSR count). The average molecular weight is 426 g/mol. The molecule has 0 radical (unpaired) electrons. The highest BCUT2D eigenvalue weighted by atomic mass is 32.2. The quantitative estimate of drug-likeness (QED) is 0.794. The van der Waals surface area contributed by atoms with Crippen LogP contribution < -0.4 is 4.90 Å². The fourth-order valence-corrected chi connectivity index (χ4v) is 4.73. The Hall–Kier alpha value is -2.39. The van der Waals surface area contributed by atoms with Crippen molar-refractivity contribution in [1.29, 1.82) is 0 Å². The van der Waals surface area contributed by atoms with Crippen LogP contribution in [0, 0.1) is 0 Å². The van der Waals surface area contributed by atoms with Crippen molar-refractivity contribution in [2.45, 2.75) is 30.5 Å². The van der Waals surface area contributed by atoms with Crippen molar-refractivity contribution in [3.63, 3.8) is 0 Å². The predicted octanol–water partition coefficient (Wildman–Crippen LogP) is 3.57. The van der Waals surface area contributed by atoms with Crippen LogP contribution in [0.4, 0.5) is 18.9 Å². The number of nitrogens with zero attached hydrogens (tertiary/aromatic N) is 2. The van der Waals surface area contributed by atoms with Crippen LogP contribution in [0.5, 0.6) is 0 Å². The molecule has 9 heteroatoms. The third-order valence-electron chi connectivity index (χ3n) is 4.81. The van der Waals surface area contributed by atoms with Gasteiger partial charge in [-0.05, 0) is 48.9 Å². The number of halogens is 3. The number of carboxylic acids is 1. The average Bonchev–Trinajstić information content (AvgIpc) is 2.66. The lowest BCUT2D eigenvalue weighted by Gasteiger charge is -2.40. The molecule has 1 N–H and O–H groups in total. The third-order valence-corrected chi connectivity index (χ3v) is 6.26. The molecule has 1 fully saturated rings. The van der Waals surface area contributed by atoms with Gasteiger partial charge in [0.05, 0.1) is 16.9 Å². The van der Waals surface area contributed by atoms with E-state index >= 15 is 0 Å². The van der Waals surface area contributed by atoms with Gasteiger partial charge in [0, 0.05) is 31.4 Å². The van der Waals surface area contributed by atoms with Crippen LogP contribution in [-0.4, -0.2) is 45.3 Å². The summed E-state index contributed by atoms with van der Waals surface area (Å²) >= 11 is 0. The van der Waals surface area contributed by atoms with Crippen molar-refractivity contribution < 1.29 is 27.3 Å². The molecule has 1 heterocycles. The molecule has 1 aliphatic heterocycles. The van der Waals surface area contributed by atoms with Crippen molar-refractivity contribution in [2.75, 3.05) is 24.5 Å². The maximum absolute atomic E-state index is 12.9. The fourth-order valence-electron chi connectivity index (χ4n) is 3.39. The number of piperazine rings is 1. The molecule has 1 saturated heterocycles. The summed E-state index contributed by atoms with van der Waals surface area (Å²) in [7, 11) is -1.44.